The van der Waals surface area contributed by atoms with E-state index in [2.05, 4.69) is 15.0 Å². The minimum absolute atomic E-state index is 0.218. The fourth-order valence-corrected chi connectivity index (χ4v) is 1.53. The number of carbonyl (C=O) groups excluding carboxylic acids is 1. The topological polar surface area (TPSA) is 71.5 Å². The predicted molar refractivity (Wildman–Crippen MR) is 69.6 cm³/mol. The van der Waals surface area contributed by atoms with E-state index in [9.17, 15) is 4.79 Å². The first-order chi connectivity index (χ1) is 8.67. The number of anilines is 1. The van der Waals surface area contributed by atoms with Crippen molar-refractivity contribution >= 4 is 11.8 Å². The molecule has 1 unspecified atom stereocenters. The Hall–Kier alpha value is -1.62. The molecule has 0 aliphatic rings. The molecular weight excluding hydrogens is 232 g/mol. The van der Waals surface area contributed by atoms with Gasteiger partial charge >= 0.3 is 5.97 Å². The third-order valence-electron chi connectivity index (χ3n) is 2.67. The first kappa shape index (κ1) is 14.4. The molecule has 0 fully saturated rings. The highest BCUT2D eigenvalue weighted by Crippen LogP contribution is 2.09. The van der Waals surface area contributed by atoms with Gasteiger partial charge in [-0.15, -0.1) is 0 Å². The molecular formula is C13H20N2O3. The number of pyridine rings is 1. The number of aliphatic hydroxyl groups excluding tert-OH is 1. The highest BCUT2D eigenvalue weighted by molar-refractivity contribution is 5.89. The van der Waals surface area contributed by atoms with E-state index < -0.39 is 0 Å². The molecule has 0 amide bonds. The Morgan fingerprint density at radius 2 is 2.39 bits per heavy atom. The molecule has 0 radical (unpaired) electrons. The molecule has 18 heavy (non-hydrogen) atoms. The molecule has 0 aliphatic carbocycles. The quantitative estimate of drug-likeness (QED) is 0.570. The first-order valence-electron chi connectivity index (χ1n) is 6.06. The maximum atomic E-state index is 11.3. The number of rotatable bonds is 7. The summed E-state index contributed by atoms with van der Waals surface area (Å²) in [5, 5.41) is 12.0. The predicted octanol–water partition coefficient (Wildman–Crippen LogP) is 1.69. The Labute approximate surface area is 107 Å². The number of aromatic nitrogens is 1. The van der Waals surface area contributed by atoms with Crippen molar-refractivity contribution in [1.82, 2.24) is 4.98 Å². The lowest BCUT2D eigenvalue weighted by Gasteiger charge is -2.09. The van der Waals surface area contributed by atoms with Gasteiger partial charge in [0.15, 0.2) is 0 Å². The Kier molecular flexibility index (Phi) is 6.14. The Morgan fingerprint density at radius 1 is 1.61 bits per heavy atom. The lowest BCUT2D eigenvalue weighted by molar-refractivity contribution is 0.0600. The number of hydrogen-bond donors (Lipinski definition) is 2. The molecule has 0 saturated heterocycles. The molecule has 1 aromatic rings. The maximum Gasteiger partial charge on any atom is 0.338 e. The normalized spacial score (nSPS) is 11.9. The van der Waals surface area contributed by atoms with Gasteiger partial charge in [0.05, 0.1) is 12.7 Å². The van der Waals surface area contributed by atoms with E-state index in [-0.39, 0.29) is 12.6 Å². The van der Waals surface area contributed by atoms with Crippen LogP contribution in [0.4, 0.5) is 5.82 Å². The zero-order chi connectivity index (χ0) is 13.4. The summed E-state index contributed by atoms with van der Waals surface area (Å²) >= 11 is 0. The number of methoxy groups -OCH3 is 1. The molecule has 1 rings (SSSR count). The summed E-state index contributed by atoms with van der Waals surface area (Å²) in [6.45, 7) is 2.99. The van der Waals surface area contributed by atoms with Gasteiger partial charge in [-0.2, -0.15) is 0 Å². The van der Waals surface area contributed by atoms with Gasteiger partial charge in [-0.05, 0) is 30.9 Å². The van der Waals surface area contributed by atoms with E-state index in [4.69, 9.17) is 5.11 Å². The second-order valence-corrected chi connectivity index (χ2v) is 4.28. The van der Waals surface area contributed by atoms with E-state index in [0.717, 1.165) is 19.4 Å². The largest absolute Gasteiger partial charge is 0.465 e. The number of nitrogens with one attached hydrogen (secondary N) is 1. The molecule has 5 heteroatoms. The zero-order valence-corrected chi connectivity index (χ0v) is 10.8. The van der Waals surface area contributed by atoms with Crippen molar-refractivity contribution in [2.24, 2.45) is 5.92 Å². The van der Waals surface area contributed by atoms with Gasteiger partial charge in [-0.1, -0.05) is 6.92 Å². The Bertz CT molecular complexity index is 382. The van der Waals surface area contributed by atoms with Crippen LogP contribution in [0.3, 0.4) is 0 Å². The van der Waals surface area contributed by atoms with Gasteiger partial charge in [-0.3, -0.25) is 0 Å². The second kappa shape index (κ2) is 7.66. The Morgan fingerprint density at radius 3 is 3.06 bits per heavy atom. The van der Waals surface area contributed by atoms with Gasteiger partial charge in [0.1, 0.15) is 5.82 Å². The number of ether oxygens (including phenoxy) is 1. The third-order valence-corrected chi connectivity index (χ3v) is 2.67. The second-order valence-electron chi connectivity index (χ2n) is 4.28. The van der Waals surface area contributed by atoms with Crippen LogP contribution in [0, 0.1) is 5.92 Å². The van der Waals surface area contributed by atoms with Gasteiger partial charge in [0.25, 0.3) is 0 Å². The molecule has 0 bridgehead atoms. The van der Waals surface area contributed by atoms with Crippen LogP contribution in [0.15, 0.2) is 18.3 Å². The van der Waals surface area contributed by atoms with E-state index >= 15 is 0 Å². The van der Waals surface area contributed by atoms with Crippen LogP contribution in [-0.2, 0) is 4.74 Å². The molecule has 5 nitrogen and oxygen atoms in total. The van der Waals surface area contributed by atoms with E-state index in [1.165, 1.54) is 7.11 Å². The van der Waals surface area contributed by atoms with Gasteiger partial charge in [0, 0.05) is 19.3 Å². The van der Waals surface area contributed by atoms with Crippen molar-refractivity contribution in [3.05, 3.63) is 23.9 Å². The van der Waals surface area contributed by atoms with Gasteiger partial charge in [0.2, 0.25) is 0 Å². The summed E-state index contributed by atoms with van der Waals surface area (Å²) in [4.78, 5) is 15.4. The molecule has 0 aliphatic heterocycles. The zero-order valence-electron chi connectivity index (χ0n) is 10.8. The van der Waals surface area contributed by atoms with Crippen molar-refractivity contribution < 1.29 is 14.6 Å². The number of esters is 1. The first-order valence-corrected chi connectivity index (χ1v) is 6.06. The van der Waals surface area contributed by atoms with Crippen LogP contribution in [-0.4, -0.2) is 36.3 Å². The molecule has 1 heterocycles. The van der Waals surface area contributed by atoms with Crippen LogP contribution in [0.5, 0.6) is 0 Å². The highest BCUT2D eigenvalue weighted by atomic mass is 16.5. The summed E-state index contributed by atoms with van der Waals surface area (Å²) in [5.41, 5.74) is 0.485. The van der Waals surface area contributed by atoms with E-state index in [1.54, 1.807) is 18.3 Å². The monoisotopic (exact) mass is 252 g/mol. The minimum atomic E-state index is -0.366. The minimum Gasteiger partial charge on any atom is -0.465 e. The average Bonchev–Trinajstić information content (AvgIpc) is 2.42. The molecule has 1 aromatic heterocycles. The number of carbonyl (C=O) groups is 1. The van der Waals surface area contributed by atoms with Gasteiger partial charge in [-0.25, -0.2) is 9.78 Å². The van der Waals surface area contributed by atoms with Crippen LogP contribution in [0.25, 0.3) is 0 Å². The summed E-state index contributed by atoms with van der Waals surface area (Å²) in [5.74, 6) is 0.616. The highest BCUT2D eigenvalue weighted by Gasteiger charge is 2.06. The molecule has 100 valence electrons. The lowest BCUT2D eigenvalue weighted by atomic mass is 10.1. The molecule has 2 N–H and O–H groups in total. The molecule has 0 spiro atoms. The summed E-state index contributed by atoms with van der Waals surface area (Å²) in [6.07, 6.45) is 3.48. The van der Waals surface area contributed by atoms with Crippen molar-refractivity contribution in [1.29, 1.82) is 0 Å². The summed E-state index contributed by atoms with van der Waals surface area (Å²) in [7, 11) is 1.35. The van der Waals surface area contributed by atoms with Crippen molar-refractivity contribution in [2.45, 2.75) is 19.8 Å². The van der Waals surface area contributed by atoms with Crippen molar-refractivity contribution in [3.8, 4) is 0 Å². The fraction of sp³-hybridized carbons (Fsp3) is 0.538. The average molecular weight is 252 g/mol. The summed E-state index contributed by atoms with van der Waals surface area (Å²) < 4.78 is 4.64. The number of nitrogens with zero attached hydrogens (tertiary/aromatic N) is 1. The van der Waals surface area contributed by atoms with Crippen LogP contribution >= 0.6 is 0 Å². The maximum absolute atomic E-state index is 11.3. The Balaban J connectivity index is 2.40. The van der Waals surface area contributed by atoms with Crippen molar-refractivity contribution in [3.63, 3.8) is 0 Å². The third kappa shape index (κ3) is 4.71. The fourth-order valence-electron chi connectivity index (χ4n) is 1.53. The van der Waals surface area contributed by atoms with Crippen molar-refractivity contribution in [2.75, 3.05) is 25.6 Å². The standard InChI is InChI=1S/C13H20N2O3/c1-10(9-16)4-3-6-14-12-8-11(5-7-15-12)13(17)18-2/h5,7-8,10,16H,3-4,6,9H2,1-2H3,(H,14,15). The lowest BCUT2D eigenvalue weighted by Crippen LogP contribution is -2.08. The summed E-state index contributed by atoms with van der Waals surface area (Å²) in [6, 6.07) is 3.28. The smallest absolute Gasteiger partial charge is 0.338 e. The molecule has 1 atom stereocenters. The number of aliphatic hydroxyl groups is 1. The molecule has 0 saturated carbocycles. The van der Waals surface area contributed by atoms with Crippen LogP contribution in [0.2, 0.25) is 0 Å². The SMILES string of the molecule is COC(=O)c1ccnc(NCCCC(C)CO)c1. The van der Waals surface area contributed by atoms with Crippen LogP contribution < -0.4 is 5.32 Å². The number of hydrogen-bond acceptors (Lipinski definition) is 5. The van der Waals surface area contributed by atoms with Crippen LogP contribution in [0.1, 0.15) is 30.1 Å². The van der Waals surface area contributed by atoms with E-state index in [0.29, 0.717) is 17.3 Å². The van der Waals surface area contributed by atoms with E-state index in [1.807, 2.05) is 6.92 Å². The van der Waals surface area contributed by atoms with Gasteiger partial charge < -0.3 is 15.2 Å². The molecule has 0 aromatic carbocycles.